The summed E-state index contributed by atoms with van der Waals surface area (Å²) in [5.41, 5.74) is 3.15. The molecule has 0 atom stereocenters. The van der Waals surface area contributed by atoms with Gasteiger partial charge in [-0.05, 0) is 51.2 Å². The van der Waals surface area contributed by atoms with Gasteiger partial charge in [-0.3, -0.25) is 0 Å². The van der Waals surface area contributed by atoms with E-state index in [4.69, 9.17) is 9.72 Å². The summed E-state index contributed by atoms with van der Waals surface area (Å²) in [5, 5.41) is 0. The second kappa shape index (κ2) is 5.49. The van der Waals surface area contributed by atoms with Crippen molar-refractivity contribution in [3.8, 4) is 0 Å². The average Bonchev–Trinajstić information content (AvgIpc) is 2.76. The molecule has 0 N–H and O–H groups in total. The van der Waals surface area contributed by atoms with Crippen molar-refractivity contribution in [3.63, 3.8) is 0 Å². The van der Waals surface area contributed by atoms with Gasteiger partial charge in [0.25, 0.3) is 0 Å². The van der Waals surface area contributed by atoms with E-state index in [1.807, 2.05) is 0 Å². The van der Waals surface area contributed by atoms with Gasteiger partial charge in [0.2, 0.25) is 0 Å². The molecule has 1 saturated heterocycles. The van der Waals surface area contributed by atoms with Crippen LogP contribution in [0.25, 0.3) is 0 Å². The van der Waals surface area contributed by atoms with Gasteiger partial charge in [-0.25, -0.2) is 4.98 Å². The van der Waals surface area contributed by atoms with Gasteiger partial charge in [-0.15, -0.1) is 0 Å². The van der Waals surface area contributed by atoms with Crippen molar-refractivity contribution in [1.29, 1.82) is 0 Å². The van der Waals surface area contributed by atoms with Crippen LogP contribution in [0, 0.1) is 12.3 Å². The molecule has 2 heterocycles. The Bertz CT molecular complexity index is 449. The smallest absolute Gasteiger partial charge is 0.106 e. The minimum Gasteiger partial charge on any atom is -0.381 e. The summed E-state index contributed by atoms with van der Waals surface area (Å²) in [4.78, 5) is 4.79. The Labute approximate surface area is 121 Å². The van der Waals surface area contributed by atoms with E-state index in [1.54, 1.807) is 0 Å². The minimum absolute atomic E-state index is 0.304. The van der Waals surface area contributed by atoms with Crippen molar-refractivity contribution in [2.75, 3.05) is 19.0 Å². The van der Waals surface area contributed by atoms with E-state index in [1.165, 1.54) is 42.9 Å². The molecule has 1 aliphatic carbocycles. The number of hydrogen-bond donors (Lipinski definition) is 1. The van der Waals surface area contributed by atoms with Crippen LogP contribution in [0.15, 0.2) is 0 Å². The lowest BCUT2D eigenvalue weighted by Crippen LogP contribution is -2.36. The van der Waals surface area contributed by atoms with Crippen molar-refractivity contribution >= 4 is 12.6 Å². The van der Waals surface area contributed by atoms with Crippen LogP contribution in [-0.2, 0) is 24.1 Å². The Hall–Kier alpha value is -0.480. The van der Waals surface area contributed by atoms with Crippen LogP contribution in [0.4, 0.5) is 0 Å². The molecule has 2 aliphatic rings. The molecule has 0 unspecified atom stereocenters. The van der Waals surface area contributed by atoms with Crippen LogP contribution >= 0.6 is 12.6 Å². The standard InChI is InChI=1S/C15H24N2OS/c1-12-16-13-4-2-3-5-14(13)17(12)10-15(11-19)6-8-18-9-7-15/h19H,2-11H2,1H3. The maximum absolute atomic E-state index is 5.53. The summed E-state index contributed by atoms with van der Waals surface area (Å²) < 4.78 is 8.01. The van der Waals surface area contributed by atoms with Crippen LogP contribution in [0.2, 0.25) is 0 Å². The zero-order valence-corrected chi connectivity index (χ0v) is 12.7. The molecule has 0 spiro atoms. The van der Waals surface area contributed by atoms with E-state index < -0.39 is 0 Å². The van der Waals surface area contributed by atoms with Gasteiger partial charge >= 0.3 is 0 Å². The zero-order valence-electron chi connectivity index (χ0n) is 11.8. The Morgan fingerprint density at radius 1 is 1.26 bits per heavy atom. The van der Waals surface area contributed by atoms with E-state index in [-0.39, 0.29) is 0 Å². The molecule has 0 saturated carbocycles. The van der Waals surface area contributed by atoms with E-state index >= 15 is 0 Å². The van der Waals surface area contributed by atoms with Gasteiger partial charge in [0, 0.05) is 30.9 Å². The van der Waals surface area contributed by atoms with Crippen LogP contribution < -0.4 is 0 Å². The summed E-state index contributed by atoms with van der Waals surface area (Å²) >= 11 is 4.63. The van der Waals surface area contributed by atoms with E-state index in [9.17, 15) is 0 Å². The van der Waals surface area contributed by atoms with Crippen molar-refractivity contribution in [3.05, 3.63) is 17.2 Å². The van der Waals surface area contributed by atoms with Gasteiger partial charge < -0.3 is 9.30 Å². The first-order chi connectivity index (χ1) is 9.24. The van der Waals surface area contributed by atoms with E-state index in [0.717, 1.165) is 38.4 Å². The highest BCUT2D eigenvalue weighted by Crippen LogP contribution is 2.35. The molecule has 3 nitrogen and oxygen atoms in total. The molecule has 106 valence electrons. The van der Waals surface area contributed by atoms with Gasteiger partial charge in [-0.2, -0.15) is 12.6 Å². The zero-order chi connectivity index (χ0) is 13.3. The van der Waals surface area contributed by atoms with Crippen molar-refractivity contribution in [1.82, 2.24) is 9.55 Å². The summed E-state index contributed by atoms with van der Waals surface area (Å²) in [5.74, 6) is 2.14. The van der Waals surface area contributed by atoms with Crippen LogP contribution in [0.3, 0.4) is 0 Å². The number of ether oxygens (including phenoxy) is 1. The largest absolute Gasteiger partial charge is 0.381 e. The Morgan fingerprint density at radius 2 is 2.00 bits per heavy atom. The molecule has 3 rings (SSSR count). The molecule has 0 bridgehead atoms. The fourth-order valence-electron chi connectivity index (χ4n) is 3.45. The van der Waals surface area contributed by atoms with E-state index in [2.05, 4.69) is 24.1 Å². The second-order valence-corrected chi connectivity index (χ2v) is 6.43. The third kappa shape index (κ3) is 2.57. The average molecular weight is 280 g/mol. The maximum Gasteiger partial charge on any atom is 0.106 e. The lowest BCUT2D eigenvalue weighted by Gasteiger charge is -2.37. The SMILES string of the molecule is Cc1nc2c(n1CC1(CS)CCOCC1)CCCC2. The number of hydrogen-bond acceptors (Lipinski definition) is 3. The monoisotopic (exact) mass is 280 g/mol. The third-order valence-electron chi connectivity index (χ3n) is 4.81. The predicted octanol–water partition coefficient (Wildman–Crippen LogP) is 2.80. The van der Waals surface area contributed by atoms with Gasteiger partial charge in [0.05, 0.1) is 5.69 Å². The maximum atomic E-state index is 5.53. The summed E-state index contributed by atoms with van der Waals surface area (Å²) in [7, 11) is 0. The first-order valence-corrected chi connectivity index (χ1v) is 8.11. The highest BCUT2D eigenvalue weighted by atomic mass is 32.1. The predicted molar refractivity (Wildman–Crippen MR) is 79.9 cm³/mol. The third-order valence-corrected chi connectivity index (χ3v) is 5.48. The molecule has 0 amide bonds. The quantitative estimate of drug-likeness (QED) is 0.862. The van der Waals surface area contributed by atoms with Crippen molar-refractivity contribution < 1.29 is 4.74 Å². The Morgan fingerprint density at radius 3 is 2.74 bits per heavy atom. The van der Waals surface area contributed by atoms with Gasteiger partial charge in [0.1, 0.15) is 5.82 Å². The molecule has 4 heteroatoms. The van der Waals surface area contributed by atoms with E-state index in [0.29, 0.717) is 5.41 Å². The van der Waals surface area contributed by atoms with Crippen molar-refractivity contribution in [2.24, 2.45) is 5.41 Å². The molecule has 1 aromatic heterocycles. The molecule has 0 radical (unpaired) electrons. The Balaban J connectivity index is 1.87. The molecule has 1 aromatic rings. The van der Waals surface area contributed by atoms with Crippen LogP contribution in [0.1, 0.15) is 42.9 Å². The molecule has 1 aliphatic heterocycles. The minimum atomic E-state index is 0.304. The van der Waals surface area contributed by atoms with Crippen LogP contribution in [0.5, 0.6) is 0 Å². The highest BCUT2D eigenvalue weighted by molar-refractivity contribution is 7.80. The second-order valence-electron chi connectivity index (χ2n) is 6.12. The van der Waals surface area contributed by atoms with Gasteiger partial charge in [-0.1, -0.05) is 0 Å². The molecular weight excluding hydrogens is 256 g/mol. The lowest BCUT2D eigenvalue weighted by molar-refractivity contribution is 0.0175. The first kappa shape index (κ1) is 13.5. The molecule has 0 aromatic carbocycles. The topological polar surface area (TPSA) is 27.1 Å². The Kier molecular flexibility index (Phi) is 3.90. The lowest BCUT2D eigenvalue weighted by atomic mass is 9.81. The number of fused-ring (bicyclic) bond motifs is 1. The fraction of sp³-hybridized carbons (Fsp3) is 0.800. The van der Waals surface area contributed by atoms with Crippen molar-refractivity contribution in [2.45, 2.75) is 52.0 Å². The summed E-state index contributed by atoms with van der Waals surface area (Å²) in [6.45, 7) is 5.00. The number of nitrogens with zero attached hydrogens (tertiary/aromatic N) is 2. The summed E-state index contributed by atoms with van der Waals surface area (Å²) in [6, 6.07) is 0. The first-order valence-electron chi connectivity index (χ1n) is 7.48. The fourth-order valence-corrected chi connectivity index (χ4v) is 3.87. The molecular formula is C15H24N2OS. The number of thiol groups is 1. The number of aromatic nitrogens is 2. The molecule has 1 fully saturated rings. The van der Waals surface area contributed by atoms with Gasteiger partial charge in [0.15, 0.2) is 0 Å². The highest BCUT2D eigenvalue weighted by Gasteiger charge is 2.33. The normalized spacial score (nSPS) is 22.2. The molecule has 19 heavy (non-hydrogen) atoms. The summed E-state index contributed by atoms with van der Waals surface area (Å²) in [6.07, 6.45) is 7.24. The number of rotatable bonds is 3. The van der Waals surface area contributed by atoms with Crippen LogP contribution in [-0.4, -0.2) is 28.5 Å². The number of aryl methyl sites for hydroxylation is 2. The number of imidazole rings is 1.